The summed E-state index contributed by atoms with van der Waals surface area (Å²) in [7, 11) is 1.90. The molecule has 0 spiro atoms. The van der Waals surface area contributed by atoms with Crippen molar-refractivity contribution in [3.63, 3.8) is 0 Å². The second-order valence-electron chi connectivity index (χ2n) is 7.53. The third-order valence-electron chi connectivity index (χ3n) is 4.97. The molecule has 0 bridgehead atoms. The highest BCUT2D eigenvalue weighted by Crippen LogP contribution is 2.42. The van der Waals surface area contributed by atoms with Crippen LogP contribution in [0.15, 0.2) is 30.6 Å². The van der Waals surface area contributed by atoms with E-state index in [-0.39, 0.29) is 29.5 Å². The first kappa shape index (κ1) is 16.7. The van der Waals surface area contributed by atoms with Crippen molar-refractivity contribution in [3.05, 3.63) is 53.1 Å². The molecule has 2 heterocycles. The van der Waals surface area contributed by atoms with Crippen LogP contribution in [-0.2, 0) is 18.3 Å². The van der Waals surface area contributed by atoms with Crippen molar-refractivity contribution < 1.29 is 9.18 Å². The summed E-state index contributed by atoms with van der Waals surface area (Å²) in [5.74, 6) is -0.0762. The van der Waals surface area contributed by atoms with Crippen LogP contribution < -0.4 is 0 Å². The standard InChI is InChI=1S/C19H24FN3O/c1-13-5-6-17(20)14(7-13)8-18(24)23-11-16(19(2,3)12-23)15-9-21-22(4)10-15/h5-7,9-10,16H,8,11-12H2,1-4H3. The highest BCUT2D eigenvalue weighted by Gasteiger charge is 2.42. The van der Waals surface area contributed by atoms with Gasteiger partial charge in [-0.25, -0.2) is 4.39 Å². The monoisotopic (exact) mass is 329 g/mol. The SMILES string of the molecule is Cc1ccc(F)c(CC(=O)N2CC(c3cnn(C)c3)C(C)(C)C2)c1. The average Bonchev–Trinajstić information content (AvgIpc) is 3.05. The van der Waals surface area contributed by atoms with Crippen LogP contribution in [0, 0.1) is 18.2 Å². The Balaban J connectivity index is 1.76. The van der Waals surface area contributed by atoms with Crippen LogP contribution in [0.1, 0.15) is 36.5 Å². The lowest BCUT2D eigenvalue weighted by Crippen LogP contribution is -2.31. The number of halogens is 1. The molecule has 1 aromatic heterocycles. The maximum atomic E-state index is 13.9. The van der Waals surface area contributed by atoms with Gasteiger partial charge in [0.15, 0.2) is 0 Å². The number of likely N-dealkylation sites (tertiary alicyclic amines) is 1. The quantitative estimate of drug-likeness (QED) is 0.868. The molecule has 128 valence electrons. The van der Waals surface area contributed by atoms with Gasteiger partial charge in [-0.3, -0.25) is 9.48 Å². The molecule has 1 aliphatic rings. The van der Waals surface area contributed by atoms with Crippen molar-refractivity contribution in [2.24, 2.45) is 12.5 Å². The predicted octanol–water partition coefficient (Wildman–Crippen LogP) is 3.06. The smallest absolute Gasteiger partial charge is 0.227 e. The molecule has 1 saturated heterocycles. The first-order chi connectivity index (χ1) is 11.3. The summed E-state index contributed by atoms with van der Waals surface area (Å²) in [5, 5.41) is 4.25. The van der Waals surface area contributed by atoms with Gasteiger partial charge in [-0.1, -0.05) is 31.5 Å². The Morgan fingerprint density at radius 2 is 2.17 bits per heavy atom. The highest BCUT2D eigenvalue weighted by molar-refractivity contribution is 5.79. The number of carbonyl (C=O) groups is 1. The van der Waals surface area contributed by atoms with Gasteiger partial charge in [0, 0.05) is 32.3 Å². The Morgan fingerprint density at radius 1 is 1.42 bits per heavy atom. The molecule has 24 heavy (non-hydrogen) atoms. The van der Waals surface area contributed by atoms with E-state index in [1.165, 1.54) is 6.07 Å². The maximum Gasteiger partial charge on any atom is 0.227 e. The van der Waals surface area contributed by atoms with Crippen molar-refractivity contribution in [2.45, 2.75) is 33.1 Å². The molecular weight excluding hydrogens is 305 g/mol. The van der Waals surface area contributed by atoms with Gasteiger partial charge in [0.2, 0.25) is 5.91 Å². The van der Waals surface area contributed by atoms with Gasteiger partial charge >= 0.3 is 0 Å². The fourth-order valence-corrected chi connectivity index (χ4v) is 3.61. The van der Waals surface area contributed by atoms with Gasteiger partial charge < -0.3 is 4.90 Å². The van der Waals surface area contributed by atoms with E-state index in [2.05, 4.69) is 18.9 Å². The first-order valence-corrected chi connectivity index (χ1v) is 8.27. The van der Waals surface area contributed by atoms with Crippen LogP contribution in [-0.4, -0.2) is 33.7 Å². The largest absolute Gasteiger partial charge is 0.341 e. The Labute approximate surface area is 142 Å². The number of amides is 1. The summed E-state index contributed by atoms with van der Waals surface area (Å²) < 4.78 is 15.7. The summed E-state index contributed by atoms with van der Waals surface area (Å²) in [6.07, 6.45) is 4.00. The zero-order chi connectivity index (χ0) is 17.5. The fraction of sp³-hybridized carbons (Fsp3) is 0.474. The van der Waals surface area contributed by atoms with Crippen LogP contribution in [0.2, 0.25) is 0 Å². The van der Waals surface area contributed by atoms with Crippen LogP contribution in [0.3, 0.4) is 0 Å². The average molecular weight is 329 g/mol. The highest BCUT2D eigenvalue weighted by atomic mass is 19.1. The number of aryl methyl sites for hydroxylation is 2. The minimum absolute atomic E-state index is 0.0148. The Hall–Kier alpha value is -2.17. The Morgan fingerprint density at radius 3 is 2.83 bits per heavy atom. The van der Waals surface area contributed by atoms with Crippen LogP contribution in [0.25, 0.3) is 0 Å². The van der Waals surface area contributed by atoms with E-state index in [0.717, 1.165) is 11.1 Å². The molecule has 5 heteroatoms. The normalized spacial score (nSPS) is 19.7. The predicted molar refractivity (Wildman–Crippen MR) is 91.2 cm³/mol. The molecule has 1 aromatic carbocycles. The maximum absolute atomic E-state index is 13.9. The fourth-order valence-electron chi connectivity index (χ4n) is 3.61. The van der Waals surface area contributed by atoms with Crippen LogP contribution in [0.4, 0.5) is 4.39 Å². The lowest BCUT2D eigenvalue weighted by atomic mass is 9.79. The van der Waals surface area contributed by atoms with Crippen molar-refractivity contribution >= 4 is 5.91 Å². The molecule has 3 rings (SSSR count). The molecular formula is C19H24FN3O. The van der Waals surface area contributed by atoms with Crippen molar-refractivity contribution in [3.8, 4) is 0 Å². The van der Waals surface area contributed by atoms with E-state index >= 15 is 0 Å². The van der Waals surface area contributed by atoms with E-state index in [1.807, 2.05) is 31.3 Å². The number of benzene rings is 1. The van der Waals surface area contributed by atoms with Crippen LogP contribution >= 0.6 is 0 Å². The van der Waals surface area contributed by atoms with Gasteiger partial charge in [-0.15, -0.1) is 0 Å². The Kier molecular flexibility index (Phi) is 4.20. The summed E-state index contributed by atoms with van der Waals surface area (Å²) in [6, 6.07) is 4.91. The molecule has 1 unspecified atom stereocenters. The molecule has 1 amide bonds. The van der Waals surface area contributed by atoms with Crippen molar-refractivity contribution in [1.29, 1.82) is 0 Å². The molecule has 4 nitrogen and oxygen atoms in total. The number of hydrogen-bond acceptors (Lipinski definition) is 2. The molecule has 0 saturated carbocycles. The zero-order valence-electron chi connectivity index (χ0n) is 14.7. The van der Waals surface area contributed by atoms with Crippen LogP contribution in [0.5, 0.6) is 0 Å². The summed E-state index contributed by atoms with van der Waals surface area (Å²) in [5.41, 5.74) is 2.57. The third-order valence-corrected chi connectivity index (χ3v) is 4.97. The second-order valence-corrected chi connectivity index (χ2v) is 7.53. The van der Waals surface area contributed by atoms with E-state index in [4.69, 9.17) is 0 Å². The van der Waals surface area contributed by atoms with Gasteiger partial charge in [-0.2, -0.15) is 5.10 Å². The Bertz CT molecular complexity index is 766. The minimum atomic E-state index is -0.309. The summed E-state index contributed by atoms with van der Waals surface area (Å²) in [6.45, 7) is 7.59. The summed E-state index contributed by atoms with van der Waals surface area (Å²) in [4.78, 5) is 14.5. The van der Waals surface area contributed by atoms with E-state index in [1.54, 1.807) is 16.8 Å². The van der Waals surface area contributed by atoms with Gasteiger partial charge in [0.25, 0.3) is 0 Å². The lowest BCUT2D eigenvalue weighted by molar-refractivity contribution is -0.129. The lowest BCUT2D eigenvalue weighted by Gasteiger charge is -2.24. The van der Waals surface area contributed by atoms with E-state index < -0.39 is 0 Å². The number of rotatable bonds is 3. The number of hydrogen-bond donors (Lipinski definition) is 0. The number of aromatic nitrogens is 2. The third kappa shape index (κ3) is 3.21. The molecule has 0 N–H and O–H groups in total. The number of nitrogens with zero attached hydrogens (tertiary/aromatic N) is 3. The van der Waals surface area contributed by atoms with E-state index in [0.29, 0.717) is 18.7 Å². The molecule has 2 aromatic rings. The zero-order valence-corrected chi connectivity index (χ0v) is 14.7. The number of carbonyl (C=O) groups excluding carboxylic acids is 1. The molecule has 1 atom stereocenters. The topological polar surface area (TPSA) is 38.1 Å². The van der Waals surface area contributed by atoms with Gasteiger partial charge in [-0.05, 0) is 29.5 Å². The first-order valence-electron chi connectivity index (χ1n) is 8.27. The van der Waals surface area contributed by atoms with Gasteiger partial charge in [0.05, 0.1) is 12.6 Å². The molecule has 0 aliphatic carbocycles. The van der Waals surface area contributed by atoms with Crippen molar-refractivity contribution in [1.82, 2.24) is 14.7 Å². The molecule has 1 aliphatic heterocycles. The molecule has 0 radical (unpaired) electrons. The second kappa shape index (κ2) is 6.04. The van der Waals surface area contributed by atoms with Gasteiger partial charge in [0.1, 0.15) is 5.82 Å². The van der Waals surface area contributed by atoms with Crippen molar-refractivity contribution in [2.75, 3.05) is 13.1 Å². The molecule has 1 fully saturated rings. The summed E-state index contributed by atoms with van der Waals surface area (Å²) >= 11 is 0. The minimum Gasteiger partial charge on any atom is -0.341 e. The van der Waals surface area contributed by atoms with E-state index in [9.17, 15) is 9.18 Å².